The second kappa shape index (κ2) is 3.00. The van der Waals surface area contributed by atoms with Crippen LogP contribution in [0.2, 0.25) is 0 Å². The summed E-state index contributed by atoms with van der Waals surface area (Å²) in [6.07, 6.45) is 17.4. The molecule has 1 heteroatoms. The van der Waals surface area contributed by atoms with Gasteiger partial charge in [0.05, 0.1) is 5.41 Å². The first-order valence-electron chi connectivity index (χ1n) is 6.66. The summed E-state index contributed by atoms with van der Waals surface area (Å²) < 4.78 is 5.94. The molecule has 19 heavy (non-hydrogen) atoms. The van der Waals surface area contributed by atoms with Crippen LogP contribution < -0.4 is 10.4 Å². The lowest BCUT2D eigenvalue weighted by Gasteiger charge is -2.30. The van der Waals surface area contributed by atoms with Gasteiger partial charge in [0.15, 0.2) is 0 Å². The van der Waals surface area contributed by atoms with E-state index >= 15 is 0 Å². The van der Waals surface area contributed by atoms with E-state index in [0.717, 1.165) is 12.4 Å². The number of fused-ring (bicyclic) bond motifs is 3. The average molecular weight is 244 g/mol. The minimum absolute atomic E-state index is 0.0559. The van der Waals surface area contributed by atoms with E-state index in [-0.39, 0.29) is 5.41 Å². The number of allylic oxidation sites excluding steroid dienone is 5. The molecule has 1 nitrogen and oxygen atoms in total. The molecule has 0 fully saturated rings. The zero-order valence-electron chi connectivity index (χ0n) is 10.4. The van der Waals surface area contributed by atoms with Crippen LogP contribution in [0.15, 0.2) is 53.8 Å². The molecule has 1 aromatic rings. The average Bonchev–Trinajstić information content (AvgIpc) is 3.02. The summed E-state index contributed by atoms with van der Waals surface area (Å²) in [5, 5.41) is 2.67. The summed E-state index contributed by atoms with van der Waals surface area (Å²) in [5.41, 5.74) is 3.95. The van der Waals surface area contributed by atoms with Gasteiger partial charge in [-0.25, -0.2) is 0 Å². The summed E-state index contributed by atoms with van der Waals surface area (Å²) in [4.78, 5) is 0. The largest absolute Gasteiger partial charge is 0.492 e. The maximum Gasteiger partial charge on any atom is 0.124 e. The Hall–Kier alpha value is -2.28. The molecule has 0 unspecified atom stereocenters. The lowest BCUT2D eigenvalue weighted by molar-refractivity contribution is 0.234. The molecule has 1 atom stereocenters. The lowest BCUT2D eigenvalue weighted by Crippen LogP contribution is -2.41. The van der Waals surface area contributed by atoms with Crippen LogP contribution in [0.4, 0.5) is 0 Å². The molecule has 1 aliphatic heterocycles. The van der Waals surface area contributed by atoms with Gasteiger partial charge >= 0.3 is 0 Å². The van der Waals surface area contributed by atoms with E-state index in [0.29, 0.717) is 0 Å². The van der Waals surface area contributed by atoms with Crippen molar-refractivity contribution >= 4 is 18.2 Å². The molecular formula is C18H12O. The van der Waals surface area contributed by atoms with Crippen LogP contribution in [0.3, 0.4) is 0 Å². The van der Waals surface area contributed by atoms with Gasteiger partial charge in [0, 0.05) is 5.57 Å². The Bertz CT molecular complexity index is 862. The molecule has 0 saturated heterocycles. The van der Waals surface area contributed by atoms with Gasteiger partial charge in [-0.05, 0) is 27.6 Å². The zero-order valence-corrected chi connectivity index (χ0v) is 10.4. The van der Waals surface area contributed by atoms with Gasteiger partial charge < -0.3 is 4.74 Å². The van der Waals surface area contributed by atoms with Crippen LogP contribution in [-0.4, -0.2) is 6.61 Å². The highest BCUT2D eigenvalue weighted by Crippen LogP contribution is 2.45. The number of rotatable bonds is 0. The molecule has 0 radical (unpaired) electrons. The summed E-state index contributed by atoms with van der Waals surface area (Å²) in [6.45, 7) is 0.730. The first kappa shape index (κ1) is 9.62. The van der Waals surface area contributed by atoms with E-state index in [2.05, 4.69) is 60.7 Å². The van der Waals surface area contributed by atoms with Crippen molar-refractivity contribution in [3.8, 4) is 0 Å². The molecular weight excluding hydrogens is 232 g/mol. The van der Waals surface area contributed by atoms with E-state index in [9.17, 15) is 0 Å². The van der Waals surface area contributed by atoms with E-state index in [4.69, 9.17) is 4.74 Å². The van der Waals surface area contributed by atoms with Crippen LogP contribution in [-0.2, 0) is 10.2 Å². The Morgan fingerprint density at radius 3 is 3.00 bits per heavy atom. The van der Waals surface area contributed by atoms with Gasteiger partial charge in [0.25, 0.3) is 0 Å². The third-order valence-electron chi connectivity index (χ3n) is 4.57. The molecule has 0 saturated carbocycles. The van der Waals surface area contributed by atoms with Gasteiger partial charge in [-0.3, -0.25) is 0 Å². The normalized spacial score (nSPS) is 27.4. The van der Waals surface area contributed by atoms with Crippen molar-refractivity contribution in [2.75, 3.05) is 6.61 Å². The van der Waals surface area contributed by atoms with Crippen LogP contribution in [0.1, 0.15) is 11.1 Å². The predicted octanol–water partition coefficient (Wildman–Crippen LogP) is 1.94. The van der Waals surface area contributed by atoms with Crippen molar-refractivity contribution in [3.05, 3.63) is 75.4 Å². The molecule has 4 aliphatic rings. The van der Waals surface area contributed by atoms with Crippen molar-refractivity contribution in [2.45, 2.75) is 5.41 Å². The van der Waals surface area contributed by atoms with E-state index < -0.39 is 0 Å². The van der Waals surface area contributed by atoms with Crippen LogP contribution in [0.25, 0.3) is 18.2 Å². The third kappa shape index (κ3) is 0.988. The van der Waals surface area contributed by atoms with Crippen LogP contribution in [0.5, 0.6) is 0 Å². The Kier molecular flexibility index (Phi) is 1.52. The first-order chi connectivity index (χ1) is 9.38. The van der Waals surface area contributed by atoms with Gasteiger partial charge in [-0.2, -0.15) is 0 Å². The van der Waals surface area contributed by atoms with Crippen LogP contribution in [0, 0.1) is 0 Å². The SMILES string of the molecule is C1=CC2=C3C=c4c(ccc5c4=CC=C5)[C@@]2(C=C1)CO3. The van der Waals surface area contributed by atoms with Gasteiger partial charge in [-0.1, -0.05) is 54.7 Å². The molecule has 0 amide bonds. The Morgan fingerprint density at radius 2 is 2.00 bits per heavy atom. The highest BCUT2D eigenvalue weighted by atomic mass is 16.5. The number of benzene rings is 1. The maximum atomic E-state index is 5.94. The molecule has 0 N–H and O–H groups in total. The van der Waals surface area contributed by atoms with E-state index in [1.165, 1.54) is 27.1 Å². The highest BCUT2D eigenvalue weighted by Gasteiger charge is 2.44. The molecule has 3 aliphatic carbocycles. The fraction of sp³-hybridized carbons (Fsp3) is 0.111. The fourth-order valence-corrected chi connectivity index (χ4v) is 3.65. The number of ether oxygens (including phenoxy) is 1. The van der Waals surface area contributed by atoms with Crippen molar-refractivity contribution in [2.24, 2.45) is 0 Å². The predicted molar refractivity (Wildman–Crippen MR) is 76.6 cm³/mol. The van der Waals surface area contributed by atoms with E-state index in [1.807, 2.05) is 0 Å². The molecule has 2 bridgehead atoms. The molecule has 0 aromatic heterocycles. The summed E-state index contributed by atoms with van der Waals surface area (Å²) in [5.74, 6) is 1.04. The van der Waals surface area contributed by atoms with Gasteiger partial charge in [0.2, 0.25) is 0 Å². The summed E-state index contributed by atoms with van der Waals surface area (Å²) in [7, 11) is 0. The minimum atomic E-state index is -0.0559. The number of hydrogen-bond donors (Lipinski definition) is 0. The topological polar surface area (TPSA) is 9.23 Å². The van der Waals surface area contributed by atoms with E-state index in [1.54, 1.807) is 0 Å². The van der Waals surface area contributed by atoms with Gasteiger partial charge in [-0.15, -0.1) is 0 Å². The number of hydrogen-bond acceptors (Lipinski definition) is 1. The van der Waals surface area contributed by atoms with Gasteiger partial charge in [0.1, 0.15) is 12.4 Å². The van der Waals surface area contributed by atoms with Crippen molar-refractivity contribution in [1.82, 2.24) is 0 Å². The third-order valence-corrected chi connectivity index (χ3v) is 4.57. The fourth-order valence-electron chi connectivity index (χ4n) is 3.65. The minimum Gasteiger partial charge on any atom is -0.492 e. The van der Waals surface area contributed by atoms with Crippen molar-refractivity contribution in [3.63, 3.8) is 0 Å². The monoisotopic (exact) mass is 244 g/mol. The second-order valence-corrected chi connectivity index (χ2v) is 5.46. The molecule has 1 aromatic carbocycles. The second-order valence-electron chi connectivity index (χ2n) is 5.46. The summed E-state index contributed by atoms with van der Waals surface area (Å²) in [6, 6.07) is 4.49. The lowest BCUT2D eigenvalue weighted by atomic mass is 9.70. The molecule has 90 valence electrons. The Morgan fingerprint density at radius 1 is 1.00 bits per heavy atom. The summed E-state index contributed by atoms with van der Waals surface area (Å²) >= 11 is 0. The smallest absolute Gasteiger partial charge is 0.124 e. The van der Waals surface area contributed by atoms with Crippen LogP contribution >= 0.6 is 0 Å². The Balaban J connectivity index is 1.99. The first-order valence-corrected chi connectivity index (χ1v) is 6.66. The maximum absolute atomic E-state index is 5.94. The quantitative estimate of drug-likeness (QED) is 0.677. The highest BCUT2D eigenvalue weighted by molar-refractivity contribution is 5.73. The van der Waals surface area contributed by atoms with Crippen molar-refractivity contribution < 1.29 is 4.74 Å². The van der Waals surface area contributed by atoms with Crippen molar-refractivity contribution in [1.29, 1.82) is 0 Å². The molecule has 1 heterocycles. The zero-order chi connectivity index (χ0) is 12.4. The Labute approximate surface area is 111 Å². The molecule has 0 spiro atoms. The standard InChI is InChI=1S/C18H12O/c1-2-9-18-11-19-17(16(18)6-1)10-14-13-5-3-4-12(13)7-8-15(14)18/h1-10H,11H2/t18-/m1/s1. The molecule has 5 rings (SSSR count).